The smallest absolute Gasteiger partial charge is 0.258 e. The summed E-state index contributed by atoms with van der Waals surface area (Å²) < 4.78 is 66.6. The normalized spacial score (nSPS) is 20.6. The zero-order valence-corrected chi connectivity index (χ0v) is 22.6. The molecule has 41 heavy (non-hydrogen) atoms. The van der Waals surface area contributed by atoms with Crippen LogP contribution in [0.15, 0.2) is 54.6 Å². The number of anilines is 3. The molecule has 2 saturated heterocycles. The summed E-state index contributed by atoms with van der Waals surface area (Å²) in [5, 5.41) is 13.6. The molecule has 3 aromatic carbocycles. The average molecular weight is 565 g/mol. The van der Waals surface area contributed by atoms with Crippen LogP contribution in [0.2, 0.25) is 0 Å². The van der Waals surface area contributed by atoms with E-state index >= 15 is 0 Å². The molecule has 8 nitrogen and oxygen atoms in total. The summed E-state index contributed by atoms with van der Waals surface area (Å²) >= 11 is 0. The highest BCUT2D eigenvalue weighted by atomic mass is 19.1. The Morgan fingerprint density at radius 1 is 1.02 bits per heavy atom. The van der Waals surface area contributed by atoms with Crippen molar-refractivity contribution < 1.29 is 23.8 Å². The molecule has 10 heteroatoms. The summed E-state index contributed by atoms with van der Waals surface area (Å²) in [5.74, 6) is -1.60. The number of carbonyl (C=O) groups is 1. The molecule has 214 valence electrons. The highest BCUT2D eigenvalue weighted by molar-refractivity contribution is 6.11. The Morgan fingerprint density at radius 3 is 2.54 bits per heavy atom. The number of benzene rings is 3. The Kier molecular flexibility index (Phi) is 6.54. The predicted molar refractivity (Wildman–Crippen MR) is 157 cm³/mol. The fourth-order valence-corrected chi connectivity index (χ4v) is 5.17. The van der Waals surface area contributed by atoms with Gasteiger partial charge in [-0.25, -0.2) is 8.78 Å². The summed E-state index contributed by atoms with van der Waals surface area (Å²) in [4.78, 5) is 18.2. The van der Waals surface area contributed by atoms with E-state index in [1.54, 1.807) is 24.3 Å². The van der Waals surface area contributed by atoms with E-state index < -0.39 is 36.3 Å². The van der Waals surface area contributed by atoms with Crippen LogP contribution in [0.25, 0.3) is 10.9 Å². The number of ether oxygens (including phenoxy) is 1. The van der Waals surface area contributed by atoms with E-state index in [1.165, 1.54) is 12.1 Å². The van der Waals surface area contributed by atoms with Gasteiger partial charge >= 0.3 is 0 Å². The van der Waals surface area contributed by atoms with Crippen molar-refractivity contribution in [3.05, 3.63) is 82.9 Å². The lowest BCUT2D eigenvalue weighted by molar-refractivity contribution is 0.0904. The monoisotopic (exact) mass is 564 g/mol. The first kappa shape index (κ1) is 22.6. The van der Waals surface area contributed by atoms with Crippen molar-refractivity contribution in [2.24, 2.45) is 0 Å². The number of amides is 1. The third-order valence-electron chi connectivity index (χ3n) is 7.38. The first-order valence-corrected chi connectivity index (χ1v) is 13.5. The van der Waals surface area contributed by atoms with Gasteiger partial charge in [0.1, 0.15) is 11.6 Å². The molecule has 1 amide bonds. The van der Waals surface area contributed by atoms with E-state index in [-0.39, 0.29) is 36.7 Å². The largest absolute Gasteiger partial charge is 0.381 e. The van der Waals surface area contributed by atoms with Gasteiger partial charge in [0.25, 0.3) is 5.91 Å². The van der Waals surface area contributed by atoms with Crippen LogP contribution in [0.1, 0.15) is 39.7 Å². The number of nitrogens with one attached hydrogen (secondary N) is 3. The molecule has 1 aromatic heterocycles. The minimum absolute atomic E-state index is 0.188. The number of nitrogens with zero attached hydrogens (tertiary/aromatic N) is 3. The summed E-state index contributed by atoms with van der Waals surface area (Å²) in [7, 11) is 2.05. The van der Waals surface area contributed by atoms with Crippen molar-refractivity contribution in [1.29, 1.82) is 0 Å². The van der Waals surface area contributed by atoms with Gasteiger partial charge in [-0.2, -0.15) is 5.10 Å². The molecule has 0 radical (unpaired) electrons. The number of halogens is 2. The van der Waals surface area contributed by atoms with Crippen molar-refractivity contribution in [1.82, 2.24) is 15.1 Å². The number of H-pyrrole nitrogens is 1. The lowest BCUT2D eigenvalue weighted by Crippen LogP contribution is -2.44. The van der Waals surface area contributed by atoms with Gasteiger partial charge in [-0.3, -0.25) is 9.89 Å². The number of likely N-dealkylation sites (N-methyl/N-ethyl adjacent to an activating group) is 1. The molecule has 0 unspecified atom stereocenters. The number of hydrogen-bond donors (Lipinski definition) is 3. The molecule has 3 N–H and O–H groups in total. The molecule has 2 fully saturated rings. The first-order valence-electron chi connectivity index (χ1n) is 15.5. The Labute approximate surface area is 243 Å². The van der Waals surface area contributed by atoms with Crippen molar-refractivity contribution in [2.75, 3.05) is 62.0 Å². The predicted octanol–water partition coefficient (Wildman–Crippen LogP) is 5.03. The van der Waals surface area contributed by atoms with Crippen LogP contribution in [0.3, 0.4) is 0 Å². The fourth-order valence-electron chi connectivity index (χ4n) is 5.17. The quantitative estimate of drug-likeness (QED) is 0.292. The summed E-state index contributed by atoms with van der Waals surface area (Å²) in [6.45, 7) is 2.69. The lowest BCUT2D eigenvalue weighted by Gasteiger charge is -2.34. The van der Waals surface area contributed by atoms with Crippen LogP contribution in [0, 0.1) is 11.6 Å². The number of fused-ring (bicyclic) bond motifs is 1. The highest BCUT2D eigenvalue weighted by Crippen LogP contribution is 2.29. The van der Waals surface area contributed by atoms with Gasteiger partial charge in [-0.1, -0.05) is 6.07 Å². The lowest BCUT2D eigenvalue weighted by atomic mass is 10.0. The second-order valence-electron chi connectivity index (χ2n) is 10.4. The number of aromatic nitrogens is 2. The number of piperazine rings is 1. The average Bonchev–Trinajstić information content (AvgIpc) is 3.36. The van der Waals surface area contributed by atoms with Gasteiger partial charge in [0.15, 0.2) is 5.82 Å². The Balaban J connectivity index is 1.31. The molecule has 0 spiro atoms. The molecule has 2 aliphatic heterocycles. The number of rotatable bonds is 7. The third-order valence-corrected chi connectivity index (χ3v) is 7.38. The van der Waals surface area contributed by atoms with E-state index in [1.807, 2.05) is 12.1 Å². The highest BCUT2D eigenvalue weighted by Gasteiger charge is 2.22. The topological polar surface area (TPSA) is 85.5 Å². The standard InChI is InChI=1S/C31H34F2N6O2/c1-38-8-10-39(11-9-38)25-3-4-26(29(19-25)34-24-6-12-41-13-7-24)31(40)35-30-27-17-20(2-5-28(27)36-37-30)14-21-15-22(32)18-23(33)16-21/h2-5,15-19,24,34H,6-14H2,1H3,(H2,35,36,37,40)/i6D2,7D2. The second kappa shape index (κ2) is 11.8. The molecule has 3 heterocycles. The Hall–Kier alpha value is -4.02. The summed E-state index contributed by atoms with van der Waals surface area (Å²) in [6, 6.07) is 12.7. The van der Waals surface area contributed by atoms with Crippen LogP contribution in [-0.2, 0) is 11.2 Å². The SMILES string of the molecule is [2H]C1([2H])COCC([2H])([2H])C1Nc1cc(N2CCN(C)CC2)ccc1C(=O)Nc1n[nH]c2ccc(Cc3cc(F)cc(F)c3)cc12. The van der Waals surface area contributed by atoms with E-state index in [9.17, 15) is 13.6 Å². The van der Waals surface area contributed by atoms with E-state index in [2.05, 4.69) is 37.7 Å². The fraction of sp³-hybridized carbons (Fsp3) is 0.355. The minimum atomic E-state index is -2.04. The molecule has 0 bridgehead atoms. The maximum atomic E-state index is 13.8. The van der Waals surface area contributed by atoms with Crippen LogP contribution >= 0.6 is 0 Å². The van der Waals surface area contributed by atoms with Crippen molar-refractivity contribution in [2.45, 2.75) is 25.2 Å². The van der Waals surface area contributed by atoms with Crippen molar-refractivity contribution in [3.63, 3.8) is 0 Å². The van der Waals surface area contributed by atoms with Crippen LogP contribution in [0.5, 0.6) is 0 Å². The van der Waals surface area contributed by atoms with E-state index in [4.69, 9.17) is 10.2 Å². The Bertz CT molecular complexity index is 1690. The van der Waals surface area contributed by atoms with Crippen LogP contribution in [-0.4, -0.2) is 73.5 Å². The van der Waals surface area contributed by atoms with Crippen LogP contribution in [0.4, 0.5) is 26.0 Å². The molecule has 0 saturated carbocycles. The molecule has 2 aliphatic rings. The molecule has 6 rings (SSSR count). The maximum Gasteiger partial charge on any atom is 0.258 e. The van der Waals surface area contributed by atoms with Gasteiger partial charge in [0.05, 0.1) is 11.1 Å². The van der Waals surface area contributed by atoms with E-state index in [0.29, 0.717) is 16.5 Å². The van der Waals surface area contributed by atoms with Crippen molar-refractivity contribution >= 4 is 34.0 Å². The van der Waals surface area contributed by atoms with E-state index in [0.717, 1.165) is 43.5 Å². The zero-order chi connectivity index (χ0) is 31.9. The van der Waals surface area contributed by atoms with Gasteiger partial charge < -0.3 is 25.2 Å². The zero-order valence-electron chi connectivity index (χ0n) is 26.6. The van der Waals surface area contributed by atoms with Gasteiger partial charge in [-0.05, 0) is 79.8 Å². The summed E-state index contributed by atoms with van der Waals surface area (Å²) in [6.07, 6.45) is -3.82. The number of hydrogen-bond acceptors (Lipinski definition) is 6. The molecule has 0 aliphatic carbocycles. The maximum absolute atomic E-state index is 13.8. The van der Waals surface area contributed by atoms with Crippen LogP contribution < -0.4 is 15.5 Å². The molecular formula is C31H34F2N6O2. The van der Waals surface area contributed by atoms with Gasteiger partial charge in [0, 0.05) is 73.7 Å². The number of aromatic amines is 1. The molecule has 0 atom stereocenters. The molecular weight excluding hydrogens is 526 g/mol. The minimum Gasteiger partial charge on any atom is -0.381 e. The summed E-state index contributed by atoms with van der Waals surface area (Å²) in [5.41, 5.74) is 3.17. The Morgan fingerprint density at radius 2 is 1.78 bits per heavy atom. The number of carbonyl (C=O) groups excluding carboxylic acids is 1. The van der Waals surface area contributed by atoms with Crippen molar-refractivity contribution in [3.8, 4) is 0 Å². The second-order valence-corrected chi connectivity index (χ2v) is 10.4. The van der Waals surface area contributed by atoms with Gasteiger partial charge in [0.2, 0.25) is 0 Å². The van der Waals surface area contributed by atoms with Gasteiger partial charge in [-0.15, -0.1) is 0 Å². The molecule has 4 aromatic rings. The third kappa shape index (κ3) is 6.34. The first-order chi connectivity index (χ1) is 21.4.